The van der Waals surface area contributed by atoms with Crippen molar-refractivity contribution in [1.29, 1.82) is 0 Å². The molecule has 0 aliphatic rings. The van der Waals surface area contributed by atoms with Crippen molar-refractivity contribution in [2.24, 2.45) is 0 Å². The Labute approximate surface area is 121 Å². The van der Waals surface area contributed by atoms with Crippen molar-refractivity contribution in [2.75, 3.05) is 13.0 Å². The first-order valence-corrected chi connectivity index (χ1v) is 6.65. The van der Waals surface area contributed by atoms with Gasteiger partial charge in [-0.2, -0.15) is 0 Å². The zero-order valence-corrected chi connectivity index (χ0v) is 12.3. The zero-order valence-electron chi connectivity index (χ0n) is 11.5. The van der Waals surface area contributed by atoms with Crippen LogP contribution in [0.1, 0.15) is 21.7 Å². The standard InChI is InChI=1S/C15H15ClFNO2/c1-9-6-12(14(19)8-16)10(2)18(9)11-4-5-13(17)15(7-11)20-3/h4-7H,8H2,1-3H3. The van der Waals surface area contributed by atoms with Gasteiger partial charge in [0.1, 0.15) is 0 Å². The van der Waals surface area contributed by atoms with Gasteiger partial charge in [-0.25, -0.2) is 4.39 Å². The van der Waals surface area contributed by atoms with Gasteiger partial charge in [-0.15, -0.1) is 11.6 Å². The average molecular weight is 296 g/mol. The van der Waals surface area contributed by atoms with E-state index in [1.807, 2.05) is 18.4 Å². The summed E-state index contributed by atoms with van der Waals surface area (Å²) in [7, 11) is 1.42. The van der Waals surface area contributed by atoms with Crippen LogP contribution < -0.4 is 4.74 Å². The molecule has 0 aliphatic carbocycles. The molecule has 3 nitrogen and oxygen atoms in total. The molecule has 0 aliphatic heterocycles. The number of ketones is 1. The van der Waals surface area contributed by atoms with Crippen LogP contribution in [-0.4, -0.2) is 23.3 Å². The molecule has 5 heteroatoms. The van der Waals surface area contributed by atoms with Crippen LogP contribution in [0.25, 0.3) is 5.69 Å². The second kappa shape index (κ2) is 5.67. The molecule has 0 N–H and O–H groups in total. The first-order valence-electron chi connectivity index (χ1n) is 6.11. The Morgan fingerprint density at radius 2 is 2.05 bits per heavy atom. The smallest absolute Gasteiger partial charge is 0.179 e. The predicted octanol–water partition coefficient (Wildman–Crippen LogP) is 3.66. The number of halogens is 2. The Kier molecular flexibility index (Phi) is 4.14. The molecule has 0 fully saturated rings. The molecule has 0 unspecified atom stereocenters. The molecule has 0 amide bonds. The molecule has 0 radical (unpaired) electrons. The minimum absolute atomic E-state index is 0.0585. The van der Waals surface area contributed by atoms with Crippen molar-refractivity contribution in [1.82, 2.24) is 4.57 Å². The SMILES string of the molecule is COc1cc(-n2c(C)cc(C(=O)CCl)c2C)ccc1F. The second-order valence-electron chi connectivity index (χ2n) is 4.50. The minimum Gasteiger partial charge on any atom is -0.494 e. The van der Waals surface area contributed by atoms with E-state index in [1.54, 1.807) is 18.2 Å². The van der Waals surface area contributed by atoms with Gasteiger partial charge >= 0.3 is 0 Å². The third kappa shape index (κ3) is 2.43. The van der Waals surface area contributed by atoms with E-state index >= 15 is 0 Å². The Morgan fingerprint density at radius 1 is 1.35 bits per heavy atom. The van der Waals surface area contributed by atoms with Gasteiger partial charge in [0.15, 0.2) is 17.3 Å². The first-order chi connectivity index (χ1) is 9.49. The van der Waals surface area contributed by atoms with Crippen LogP contribution in [0.15, 0.2) is 24.3 Å². The molecular weight excluding hydrogens is 281 g/mol. The maximum atomic E-state index is 13.5. The number of benzene rings is 1. The molecule has 2 aromatic rings. The topological polar surface area (TPSA) is 31.2 Å². The van der Waals surface area contributed by atoms with Gasteiger partial charge in [0.25, 0.3) is 0 Å². The Balaban J connectivity index is 2.58. The molecule has 2 rings (SSSR count). The van der Waals surface area contributed by atoms with Crippen LogP contribution in [0.3, 0.4) is 0 Å². The number of carbonyl (C=O) groups excluding carboxylic acids is 1. The molecule has 106 valence electrons. The monoisotopic (exact) mass is 295 g/mol. The molecular formula is C15H15ClFNO2. The zero-order chi connectivity index (χ0) is 14.9. The quantitative estimate of drug-likeness (QED) is 0.637. The molecule has 20 heavy (non-hydrogen) atoms. The van der Waals surface area contributed by atoms with Gasteiger partial charge in [0, 0.05) is 28.7 Å². The summed E-state index contributed by atoms with van der Waals surface area (Å²) in [6.07, 6.45) is 0. The summed E-state index contributed by atoms with van der Waals surface area (Å²) in [4.78, 5) is 11.8. The number of aryl methyl sites for hydroxylation is 1. The number of alkyl halides is 1. The summed E-state index contributed by atoms with van der Waals surface area (Å²) < 4.78 is 20.3. The number of methoxy groups -OCH3 is 1. The van der Waals surface area contributed by atoms with E-state index in [4.69, 9.17) is 16.3 Å². The van der Waals surface area contributed by atoms with E-state index < -0.39 is 5.82 Å². The van der Waals surface area contributed by atoms with Crippen molar-refractivity contribution >= 4 is 17.4 Å². The van der Waals surface area contributed by atoms with Gasteiger partial charge < -0.3 is 9.30 Å². The lowest BCUT2D eigenvalue weighted by Gasteiger charge is -2.11. The van der Waals surface area contributed by atoms with Crippen LogP contribution in [0, 0.1) is 19.7 Å². The number of ether oxygens (including phenoxy) is 1. The molecule has 0 bridgehead atoms. The summed E-state index contributed by atoms with van der Waals surface area (Å²) >= 11 is 5.61. The maximum absolute atomic E-state index is 13.5. The van der Waals surface area contributed by atoms with Gasteiger partial charge in [0.2, 0.25) is 0 Å². The van der Waals surface area contributed by atoms with E-state index in [2.05, 4.69) is 0 Å². The van der Waals surface area contributed by atoms with Crippen molar-refractivity contribution in [3.63, 3.8) is 0 Å². The molecule has 1 heterocycles. The number of hydrogen-bond donors (Lipinski definition) is 0. The summed E-state index contributed by atoms with van der Waals surface area (Å²) in [6.45, 7) is 3.72. The highest BCUT2D eigenvalue weighted by Gasteiger charge is 2.16. The van der Waals surface area contributed by atoms with Crippen molar-refractivity contribution in [2.45, 2.75) is 13.8 Å². The summed E-state index contributed by atoms with van der Waals surface area (Å²) in [5, 5.41) is 0. The minimum atomic E-state index is -0.421. The lowest BCUT2D eigenvalue weighted by atomic mass is 10.2. The molecule has 0 atom stereocenters. The summed E-state index contributed by atoms with van der Waals surface area (Å²) in [5.41, 5.74) is 2.99. The molecule has 0 saturated carbocycles. The largest absolute Gasteiger partial charge is 0.494 e. The van der Waals surface area contributed by atoms with Crippen LogP contribution in [0.4, 0.5) is 4.39 Å². The van der Waals surface area contributed by atoms with E-state index in [9.17, 15) is 9.18 Å². The molecule has 1 aromatic heterocycles. The number of carbonyl (C=O) groups is 1. The fourth-order valence-corrected chi connectivity index (χ4v) is 2.45. The number of rotatable bonds is 4. The number of Topliss-reactive ketones (excluding diaryl/α,β-unsaturated/α-hetero) is 1. The lowest BCUT2D eigenvalue weighted by molar-refractivity contribution is 0.102. The number of hydrogen-bond acceptors (Lipinski definition) is 2. The third-order valence-corrected chi connectivity index (χ3v) is 3.49. The lowest BCUT2D eigenvalue weighted by Crippen LogP contribution is -2.04. The normalized spacial score (nSPS) is 10.7. The van der Waals surface area contributed by atoms with E-state index in [0.29, 0.717) is 5.56 Å². The van der Waals surface area contributed by atoms with Gasteiger partial charge in [-0.1, -0.05) is 0 Å². The maximum Gasteiger partial charge on any atom is 0.179 e. The van der Waals surface area contributed by atoms with Crippen LogP contribution in [0.2, 0.25) is 0 Å². The van der Waals surface area contributed by atoms with Gasteiger partial charge in [-0.05, 0) is 32.0 Å². The third-order valence-electron chi connectivity index (χ3n) is 3.25. The molecule has 0 spiro atoms. The molecule has 1 aromatic carbocycles. The summed E-state index contributed by atoms with van der Waals surface area (Å²) in [5.74, 6) is -0.437. The van der Waals surface area contributed by atoms with Gasteiger partial charge in [0.05, 0.1) is 13.0 Å². The average Bonchev–Trinajstić information content (AvgIpc) is 2.74. The van der Waals surface area contributed by atoms with Crippen molar-refractivity contribution < 1.29 is 13.9 Å². The Bertz CT molecular complexity index is 664. The fourth-order valence-electron chi connectivity index (χ4n) is 2.30. The summed E-state index contributed by atoms with van der Waals surface area (Å²) in [6, 6.07) is 6.38. The highest BCUT2D eigenvalue weighted by Crippen LogP contribution is 2.26. The van der Waals surface area contributed by atoms with Crippen molar-refractivity contribution in [3.8, 4) is 11.4 Å². The van der Waals surface area contributed by atoms with Crippen LogP contribution >= 0.6 is 11.6 Å². The predicted molar refractivity (Wildman–Crippen MR) is 76.8 cm³/mol. The molecule has 0 saturated heterocycles. The van der Waals surface area contributed by atoms with Crippen molar-refractivity contribution in [3.05, 3.63) is 47.0 Å². The Hall–Kier alpha value is -1.81. The second-order valence-corrected chi connectivity index (χ2v) is 4.76. The van der Waals surface area contributed by atoms with Crippen LogP contribution in [0.5, 0.6) is 5.75 Å². The highest BCUT2D eigenvalue weighted by molar-refractivity contribution is 6.30. The van der Waals surface area contributed by atoms with E-state index in [-0.39, 0.29) is 17.4 Å². The van der Waals surface area contributed by atoms with Gasteiger partial charge in [-0.3, -0.25) is 4.79 Å². The first kappa shape index (κ1) is 14.6. The van der Waals surface area contributed by atoms with E-state index in [1.165, 1.54) is 13.2 Å². The number of nitrogens with zero attached hydrogens (tertiary/aromatic N) is 1. The fraction of sp³-hybridized carbons (Fsp3) is 0.267. The Morgan fingerprint density at radius 3 is 2.65 bits per heavy atom. The van der Waals surface area contributed by atoms with E-state index in [0.717, 1.165) is 17.1 Å². The van der Waals surface area contributed by atoms with Crippen LogP contribution in [-0.2, 0) is 0 Å². The highest BCUT2D eigenvalue weighted by atomic mass is 35.5. The number of aromatic nitrogens is 1.